The standard InChI is InChI=1S/C18H18F6O2S/c19-17(20,21)16(25)26-27(18(22,23)24)14-10-6-5-9-13(14)11-15(27)12-7-3-1-2-4-8-12/h5-6,9-12H,1-4,7-8H2. The van der Waals surface area contributed by atoms with Crippen molar-refractivity contribution in [2.45, 2.75) is 55.1 Å². The minimum absolute atomic E-state index is 0.166. The van der Waals surface area contributed by atoms with E-state index in [2.05, 4.69) is 4.18 Å². The number of hydrogen-bond donors (Lipinski definition) is 0. The Bertz CT molecular complexity index is 747. The number of benzene rings is 1. The number of alkyl halides is 6. The minimum Gasteiger partial charge on any atom is -0.392 e. The molecule has 0 amide bonds. The highest BCUT2D eigenvalue weighted by Crippen LogP contribution is 2.79. The Balaban J connectivity index is 2.16. The molecule has 150 valence electrons. The van der Waals surface area contributed by atoms with E-state index in [1.807, 2.05) is 0 Å². The number of fused-ring (bicyclic) bond motifs is 1. The summed E-state index contributed by atoms with van der Waals surface area (Å²) < 4.78 is 85.8. The minimum atomic E-state index is -5.50. The van der Waals surface area contributed by atoms with Crippen molar-refractivity contribution in [3.63, 3.8) is 0 Å². The van der Waals surface area contributed by atoms with Crippen LogP contribution in [0.2, 0.25) is 0 Å². The Morgan fingerprint density at radius 2 is 1.56 bits per heavy atom. The molecule has 0 spiro atoms. The van der Waals surface area contributed by atoms with Gasteiger partial charge in [0.2, 0.25) is 0 Å². The zero-order valence-corrected chi connectivity index (χ0v) is 15.0. The van der Waals surface area contributed by atoms with E-state index in [9.17, 15) is 31.1 Å². The van der Waals surface area contributed by atoms with Gasteiger partial charge >= 0.3 is 17.7 Å². The lowest BCUT2D eigenvalue weighted by Gasteiger charge is -2.41. The highest BCUT2D eigenvalue weighted by atomic mass is 32.3. The molecule has 1 unspecified atom stereocenters. The Labute approximate surface area is 154 Å². The molecule has 1 fully saturated rings. The van der Waals surface area contributed by atoms with E-state index in [4.69, 9.17) is 0 Å². The Morgan fingerprint density at radius 3 is 2.11 bits per heavy atom. The van der Waals surface area contributed by atoms with Gasteiger partial charge in [-0.2, -0.15) is 26.3 Å². The van der Waals surface area contributed by atoms with Gasteiger partial charge in [0, 0.05) is 9.80 Å². The van der Waals surface area contributed by atoms with E-state index in [-0.39, 0.29) is 15.4 Å². The second-order valence-corrected chi connectivity index (χ2v) is 9.30. The molecule has 1 aromatic rings. The van der Waals surface area contributed by atoms with Crippen molar-refractivity contribution < 1.29 is 35.3 Å². The van der Waals surface area contributed by atoms with Gasteiger partial charge in [-0.25, -0.2) is 4.79 Å². The fourth-order valence-corrected chi connectivity index (χ4v) is 6.80. The molecule has 0 bridgehead atoms. The van der Waals surface area contributed by atoms with Gasteiger partial charge in [-0.15, -0.1) is 0 Å². The third-order valence-corrected chi connectivity index (χ3v) is 8.03. The first-order valence-electron chi connectivity index (χ1n) is 8.58. The lowest BCUT2D eigenvalue weighted by molar-refractivity contribution is -0.190. The fourth-order valence-electron chi connectivity index (χ4n) is 3.70. The van der Waals surface area contributed by atoms with E-state index in [1.165, 1.54) is 24.3 Å². The van der Waals surface area contributed by atoms with Crippen LogP contribution in [0.5, 0.6) is 0 Å². The van der Waals surface area contributed by atoms with Crippen LogP contribution in [0.25, 0.3) is 6.08 Å². The molecule has 0 saturated heterocycles. The van der Waals surface area contributed by atoms with Gasteiger partial charge in [-0.3, -0.25) is 0 Å². The summed E-state index contributed by atoms with van der Waals surface area (Å²) in [7, 11) is -4.58. The first kappa shape index (κ1) is 20.1. The highest BCUT2D eigenvalue weighted by molar-refractivity contribution is 8.34. The first-order valence-corrected chi connectivity index (χ1v) is 10.1. The van der Waals surface area contributed by atoms with Crippen molar-refractivity contribution in [1.29, 1.82) is 0 Å². The Kier molecular flexibility index (Phi) is 5.26. The lowest BCUT2D eigenvalue weighted by Crippen LogP contribution is -2.33. The highest BCUT2D eigenvalue weighted by Gasteiger charge is 2.63. The van der Waals surface area contributed by atoms with Gasteiger partial charge in [-0.1, -0.05) is 43.9 Å². The average Bonchev–Trinajstić information content (AvgIpc) is 2.72. The van der Waals surface area contributed by atoms with E-state index in [0.717, 1.165) is 18.9 Å². The Morgan fingerprint density at radius 1 is 0.963 bits per heavy atom. The molecule has 1 saturated carbocycles. The molecule has 2 nitrogen and oxygen atoms in total. The van der Waals surface area contributed by atoms with E-state index >= 15 is 0 Å². The molecule has 1 aliphatic heterocycles. The van der Waals surface area contributed by atoms with Crippen LogP contribution < -0.4 is 0 Å². The van der Waals surface area contributed by atoms with Gasteiger partial charge in [-0.05, 0) is 36.5 Å². The van der Waals surface area contributed by atoms with Crippen molar-refractivity contribution in [2.75, 3.05) is 0 Å². The number of carbonyl (C=O) groups is 1. The lowest BCUT2D eigenvalue weighted by atomic mass is 9.99. The first-order chi connectivity index (χ1) is 12.6. The number of hydrogen-bond acceptors (Lipinski definition) is 2. The van der Waals surface area contributed by atoms with Crippen LogP contribution in [0.3, 0.4) is 0 Å². The van der Waals surface area contributed by atoms with Crippen LogP contribution in [0.15, 0.2) is 34.1 Å². The molecule has 0 N–H and O–H groups in total. The summed E-state index contributed by atoms with van der Waals surface area (Å²) in [6.07, 6.45) is -0.212. The predicted octanol–water partition coefficient (Wildman–Crippen LogP) is 6.72. The number of halogens is 6. The van der Waals surface area contributed by atoms with Crippen LogP contribution >= 0.6 is 10.3 Å². The largest absolute Gasteiger partial charge is 0.491 e. The normalized spacial score (nSPS) is 26.5. The molecule has 1 atom stereocenters. The topological polar surface area (TPSA) is 26.3 Å². The van der Waals surface area contributed by atoms with Crippen LogP contribution in [0.4, 0.5) is 26.3 Å². The summed E-state index contributed by atoms with van der Waals surface area (Å²) in [5.41, 5.74) is -4.97. The van der Waals surface area contributed by atoms with Gasteiger partial charge < -0.3 is 4.18 Å². The van der Waals surface area contributed by atoms with Crippen molar-refractivity contribution in [3.05, 3.63) is 34.7 Å². The third kappa shape index (κ3) is 3.58. The number of rotatable bonds is 2. The zero-order valence-electron chi connectivity index (χ0n) is 14.2. The maximum Gasteiger partial charge on any atom is 0.491 e. The summed E-state index contributed by atoms with van der Waals surface area (Å²) in [5, 5.41) is 0. The zero-order chi connectivity index (χ0) is 19.9. The van der Waals surface area contributed by atoms with Crippen LogP contribution in [0.1, 0.15) is 44.1 Å². The molecule has 3 rings (SSSR count). The van der Waals surface area contributed by atoms with Crippen molar-refractivity contribution in [3.8, 4) is 0 Å². The smallest absolute Gasteiger partial charge is 0.392 e. The van der Waals surface area contributed by atoms with E-state index in [0.29, 0.717) is 25.7 Å². The maximum atomic E-state index is 14.3. The van der Waals surface area contributed by atoms with Crippen molar-refractivity contribution >= 4 is 22.4 Å². The monoisotopic (exact) mass is 412 g/mol. The van der Waals surface area contributed by atoms with Gasteiger partial charge in [0.25, 0.3) is 0 Å². The summed E-state index contributed by atoms with van der Waals surface area (Å²) in [6, 6.07) is 5.35. The average molecular weight is 412 g/mol. The second-order valence-electron chi connectivity index (χ2n) is 6.64. The molecule has 27 heavy (non-hydrogen) atoms. The number of carbonyl (C=O) groups excluding carboxylic acids is 1. The van der Waals surface area contributed by atoms with Gasteiger partial charge in [0.05, 0.1) is 10.3 Å². The van der Waals surface area contributed by atoms with E-state index in [1.54, 1.807) is 0 Å². The number of allylic oxidation sites excluding steroid dienone is 1. The van der Waals surface area contributed by atoms with Crippen LogP contribution in [-0.4, -0.2) is 17.7 Å². The third-order valence-electron chi connectivity index (χ3n) is 4.87. The summed E-state index contributed by atoms with van der Waals surface area (Å²) in [5.74, 6) is -3.36. The summed E-state index contributed by atoms with van der Waals surface area (Å²) >= 11 is 0. The Hall–Kier alpha value is -1.64. The molecule has 1 heterocycles. The SMILES string of the molecule is O=C(OS1(C(F)(F)F)C(C2CCCCCC2)=Cc2ccccc21)C(F)(F)F. The summed E-state index contributed by atoms with van der Waals surface area (Å²) in [4.78, 5) is 10.9. The molecule has 2 aliphatic rings. The predicted molar refractivity (Wildman–Crippen MR) is 89.7 cm³/mol. The van der Waals surface area contributed by atoms with Crippen LogP contribution in [0, 0.1) is 5.92 Å². The second kappa shape index (κ2) is 7.07. The molecule has 1 aromatic carbocycles. The molecule has 1 aliphatic carbocycles. The maximum absolute atomic E-state index is 14.3. The van der Waals surface area contributed by atoms with Crippen molar-refractivity contribution in [2.24, 2.45) is 5.92 Å². The van der Waals surface area contributed by atoms with Gasteiger partial charge in [0.1, 0.15) is 0 Å². The van der Waals surface area contributed by atoms with E-state index < -0.39 is 33.9 Å². The molecular formula is C18H18F6O2S. The fraction of sp³-hybridized carbons (Fsp3) is 0.500. The van der Waals surface area contributed by atoms with Crippen LogP contribution in [-0.2, 0) is 8.98 Å². The molecule has 0 radical (unpaired) electrons. The quantitative estimate of drug-likeness (QED) is 0.398. The molecule has 9 heteroatoms. The summed E-state index contributed by atoms with van der Waals surface area (Å²) in [6.45, 7) is 0. The molecular weight excluding hydrogens is 394 g/mol. The van der Waals surface area contributed by atoms with Crippen molar-refractivity contribution in [1.82, 2.24) is 0 Å². The molecule has 0 aromatic heterocycles. The van der Waals surface area contributed by atoms with Gasteiger partial charge in [0.15, 0.2) is 0 Å².